The molecule has 144 valence electrons. The molecule has 0 spiro atoms. The first-order valence-corrected chi connectivity index (χ1v) is 9.47. The molecule has 0 aliphatic carbocycles. The van der Waals surface area contributed by atoms with Gasteiger partial charge in [0.25, 0.3) is 0 Å². The van der Waals surface area contributed by atoms with Crippen molar-refractivity contribution in [1.82, 2.24) is 0 Å². The van der Waals surface area contributed by atoms with E-state index in [0.29, 0.717) is 11.8 Å². The lowest BCUT2D eigenvalue weighted by molar-refractivity contribution is -0.113. The molecule has 0 aliphatic rings. The number of carbonyl (C=O) groups excluding carboxylic acids is 1. The second-order valence-corrected chi connectivity index (χ2v) is 7.71. The summed E-state index contributed by atoms with van der Waals surface area (Å²) >= 11 is 0. The molecule has 0 saturated heterocycles. The Bertz CT molecular complexity index is 504. The van der Waals surface area contributed by atoms with Crippen LogP contribution in [0.4, 0.5) is 8.78 Å². The van der Waals surface area contributed by atoms with Crippen LogP contribution in [0.15, 0.2) is 36.0 Å². The summed E-state index contributed by atoms with van der Waals surface area (Å²) < 4.78 is 28.1. The maximum absolute atomic E-state index is 14.2. The molecule has 0 heterocycles. The van der Waals surface area contributed by atoms with Crippen molar-refractivity contribution >= 4 is 5.78 Å². The van der Waals surface area contributed by atoms with Gasteiger partial charge in [-0.3, -0.25) is 4.79 Å². The first-order chi connectivity index (χ1) is 11.5. The lowest BCUT2D eigenvalue weighted by Gasteiger charge is -2.23. The van der Waals surface area contributed by atoms with Crippen molar-refractivity contribution in [2.24, 2.45) is 23.7 Å². The van der Waals surface area contributed by atoms with Crippen LogP contribution in [0.2, 0.25) is 0 Å². The third-order valence-corrected chi connectivity index (χ3v) is 5.60. The summed E-state index contributed by atoms with van der Waals surface area (Å²) in [6, 6.07) is 0. The Morgan fingerprint density at radius 3 is 1.80 bits per heavy atom. The van der Waals surface area contributed by atoms with Crippen molar-refractivity contribution in [2.75, 3.05) is 0 Å². The summed E-state index contributed by atoms with van der Waals surface area (Å²) in [5.41, 5.74) is -0.322. The van der Waals surface area contributed by atoms with Gasteiger partial charge in [0.2, 0.25) is 0 Å². The van der Waals surface area contributed by atoms with Gasteiger partial charge in [0.05, 0.1) is 0 Å². The molecule has 0 fully saturated rings. The molecule has 0 radical (unpaired) electrons. The van der Waals surface area contributed by atoms with Crippen LogP contribution in [0.5, 0.6) is 0 Å². The van der Waals surface area contributed by atoms with Crippen LogP contribution in [0.25, 0.3) is 0 Å². The molecule has 0 bridgehead atoms. The van der Waals surface area contributed by atoms with E-state index in [1.54, 1.807) is 0 Å². The fraction of sp³-hybridized carbons (Fsp3) is 0.682. The van der Waals surface area contributed by atoms with Crippen LogP contribution in [0.1, 0.15) is 73.6 Å². The van der Waals surface area contributed by atoms with E-state index in [2.05, 4.69) is 40.9 Å². The third-order valence-electron chi connectivity index (χ3n) is 5.60. The third kappa shape index (κ3) is 8.11. The Balaban J connectivity index is 4.60. The average Bonchev–Trinajstić information content (AvgIpc) is 2.60. The van der Waals surface area contributed by atoms with Crippen LogP contribution in [-0.2, 0) is 4.79 Å². The highest BCUT2D eigenvalue weighted by atomic mass is 19.2. The molecule has 0 N–H and O–H groups in total. The van der Waals surface area contributed by atoms with E-state index >= 15 is 0 Å². The molecule has 0 rings (SSSR count). The van der Waals surface area contributed by atoms with Gasteiger partial charge in [-0.2, -0.15) is 0 Å². The lowest BCUT2D eigenvalue weighted by Crippen LogP contribution is -2.12. The molecule has 0 saturated carbocycles. The van der Waals surface area contributed by atoms with E-state index in [0.717, 1.165) is 18.8 Å². The number of hydrogen-bond donors (Lipinski definition) is 0. The zero-order chi connectivity index (χ0) is 19.7. The quantitative estimate of drug-likeness (QED) is 0.264. The SMILES string of the molecule is C=C(C(C)=O)/C(F)=C(/F)C(=C)C(C)CCC(C)C(C)CCC(C)CC. The van der Waals surface area contributed by atoms with Gasteiger partial charge in [0, 0.05) is 5.57 Å². The highest BCUT2D eigenvalue weighted by molar-refractivity contribution is 5.96. The molecule has 0 aromatic carbocycles. The molecule has 3 heteroatoms. The Kier molecular flexibility index (Phi) is 10.8. The molecule has 0 aliphatic heterocycles. The summed E-state index contributed by atoms with van der Waals surface area (Å²) in [5, 5.41) is 0. The summed E-state index contributed by atoms with van der Waals surface area (Å²) in [7, 11) is 0. The Hall–Kier alpha value is -1.25. The number of rotatable bonds is 12. The van der Waals surface area contributed by atoms with Crippen LogP contribution in [-0.4, -0.2) is 5.78 Å². The maximum Gasteiger partial charge on any atom is 0.169 e. The fourth-order valence-electron chi connectivity index (χ4n) is 2.65. The first-order valence-electron chi connectivity index (χ1n) is 9.47. The molecular weight excluding hydrogens is 318 g/mol. The van der Waals surface area contributed by atoms with Crippen LogP contribution in [0, 0.1) is 23.7 Å². The molecule has 1 nitrogen and oxygen atoms in total. The van der Waals surface area contributed by atoms with Gasteiger partial charge in [-0.05, 0) is 49.0 Å². The second-order valence-electron chi connectivity index (χ2n) is 7.71. The average molecular weight is 355 g/mol. The predicted molar refractivity (Wildman–Crippen MR) is 104 cm³/mol. The van der Waals surface area contributed by atoms with Crippen molar-refractivity contribution in [2.45, 2.75) is 73.6 Å². The number of halogens is 2. The van der Waals surface area contributed by atoms with Gasteiger partial charge < -0.3 is 0 Å². The van der Waals surface area contributed by atoms with Crippen molar-refractivity contribution in [3.63, 3.8) is 0 Å². The van der Waals surface area contributed by atoms with E-state index in [1.165, 1.54) is 26.2 Å². The van der Waals surface area contributed by atoms with Gasteiger partial charge >= 0.3 is 0 Å². The zero-order valence-corrected chi connectivity index (χ0v) is 16.9. The highest BCUT2D eigenvalue weighted by Crippen LogP contribution is 2.32. The summed E-state index contributed by atoms with van der Waals surface area (Å²) in [5.74, 6) is -1.06. The minimum Gasteiger partial charge on any atom is -0.294 e. The maximum atomic E-state index is 14.2. The molecule has 0 amide bonds. The van der Waals surface area contributed by atoms with Crippen molar-refractivity contribution in [1.29, 1.82) is 0 Å². The van der Waals surface area contributed by atoms with Gasteiger partial charge in [0.15, 0.2) is 17.4 Å². The minimum atomic E-state index is -1.18. The largest absolute Gasteiger partial charge is 0.294 e. The molecule has 0 aromatic heterocycles. The van der Waals surface area contributed by atoms with Gasteiger partial charge in [-0.1, -0.05) is 67.0 Å². The monoisotopic (exact) mass is 354 g/mol. The number of Topliss-reactive ketones (excluding diaryl/α,β-unsaturated/α-hetero) is 1. The van der Waals surface area contributed by atoms with E-state index < -0.39 is 23.0 Å². The minimum absolute atomic E-state index is 0.111. The lowest BCUT2D eigenvalue weighted by atomic mass is 9.83. The standard InChI is InChI=1S/C22H36F2O/c1-9-14(2)10-11-15(3)16(4)12-13-17(5)18(6)21(23)22(24)19(7)20(8)25/h14-17H,6-7,9-13H2,1-5,8H3/b22-21-. The summed E-state index contributed by atoms with van der Waals surface area (Å²) in [4.78, 5) is 11.1. The van der Waals surface area contributed by atoms with Gasteiger partial charge in [-0.15, -0.1) is 0 Å². The van der Waals surface area contributed by atoms with Crippen LogP contribution in [0.3, 0.4) is 0 Å². The number of carbonyl (C=O) groups is 1. The number of allylic oxidation sites excluding steroid dienone is 4. The van der Waals surface area contributed by atoms with Crippen LogP contribution < -0.4 is 0 Å². The normalized spacial score (nSPS) is 17.3. The first kappa shape index (κ1) is 23.8. The van der Waals surface area contributed by atoms with E-state index in [1.807, 2.05) is 6.92 Å². The second kappa shape index (κ2) is 11.4. The van der Waals surface area contributed by atoms with Gasteiger partial charge in [0.1, 0.15) is 0 Å². The van der Waals surface area contributed by atoms with Crippen molar-refractivity contribution < 1.29 is 13.6 Å². The molecule has 4 atom stereocenters. The van der Waals surface area contributed by atoms with E-state index in [4.69, 9.17) is 0 Å². The Morgan fingerprint density at radius 1 is 0.880 bits per heavy atom. The number of ketones is 1. The fourth-order valence-corrected chi connectivity index (χ4v) is 2.65. The smallest absolute Gasteiger partial charge is 0.169 e. The van der Waals surface area contributed by atoms with Crippen molar-refractivity contribution in [3.8, 4) is 0 Å². The Labute approximate surface area is 153 Å². The highest BCUT2D eigenvalue weighted by Gasteiger charge is 2.21. The predicted octanol–water partition coefficient (Wildman–Crippen LogP) is 7.35. The molecule has 0 aromatic rings. The van der Waals surface area contributed by atoms with Crippen LogP contribution >= 0.6 is 0 Å². The van der Waals surface area contributed by atoms with E-state index in [-0.39, 0.29) is 11.5 Å². The summed E-state index contributed by atoms with van der Waals surface area (Å²) in [6.07, 6.45) is 5.35. The zero-order valence-electron chi connectivity index (χ0n) is 16.9. The van der Waals surface area contributed by atoms with Gasteiger partial charge in [-0.25, -0.2) is 8.78 Å². The Morgan fingerprint density at radius 2 is 1.36 bits per heavy atom. The van der Waals surface area contributed by atoms with E-state index in [9.17, 15) is 13.6 Å². The number of hydrogen-bond acceptors (Lipinski definition) is 1. The molecule has 4 unspecified atom stereocenters. The topological polar surface area (TPSA) is 17.1 Å². The molecule has 25 heavy (non-hydrogen) atoms. The molecular formula is C22H36F2O. The summed E-state index contributed by atoms with van der Waals surface area (Å²) in [6.45, 7) is 19.0. The van der Waals surface area contributed by atoms with Crippen molar-refractivity contribution in [3.05, 3.63) is 36.0 Å².